The highest BCUT2D eigenvalue weighted by Crippen LogP contribution is 2.20. The zero-order chi connectivity index (χ0) is 85.1. The summed E-state index contributed by atoms with van der Waals surface area (Å²) in [6, 6.07) is 20.1. The Kier molecular flexibility index (Phi) is 46.8. The van der Waals surface area contributed by atoms with E-state index >= 15 is 0 Å². The van der Waals surface area contributed by atoms with Crippen LogP contribution in [0.1, 0.15) is 184 Å². The van der Waals surface area contributed by atoms with Gasteiger partial charge in [0.05, 0.1) is 24.4 Å². The summed E-state index contributed by atoms with van der Waals surface area (Å²) in [6.07, 6.45) is 0.616. The molecule has 4 aromatic rings. The molecule has 0 aromatic heterocycles. The van der Waals surface area contributed by atoms with Crippen molar-refractivity contribution >= 4 is 71.4 Å². The van der Waals surface area contributed by atoms with Gasteiger partial charge in [-0.3, -0.25) is 38.4 Å². The molecule has 0 bridgehead atoms. The molecule has 4 amide bonds. The number of rotatable bonds is 48. The maximum Gasteiger partial charge on any atom is 0.326 e. The van der Waals surface area contributed by atoms with Gasteiger partial charge < -0.3 is 102 Å². The first kappa shape index (κ1) is 99.6. The van der Waals surface area contributed by atoms with Crippen molar-refractivity contribution in [1.29, 1.82) is 0 Å². The molecule has 32 heteroatoms. The molecular weight excluding hydrogens is 1460 g/mol. The normalized spacial score (nSPS) is 13.2. The first-order valence-corrected chi connectivity index (χ1v) is 37.4. The van der Waals surface area contributed by atoms with E-state index in [4.69, 9.17) is 18.9 Å². The average molecular weight is 1580 g/mol. The van der Waals surface area contributed by atoms with Gasteiger partial charge in [-0.15, -0.1) is 0 Å². The number of nitrogens with one attached hydrogen (secondary N) is 8. The van der Waals surface area contributed by atoms with Crippen LogP contribution in [0.5, 0.6) is 23.0 Å². The van der Waals surface area contributed by atoms with Gasteiger partial charge in [0.1, 0.15) is 71.3 Å². The average Bonchev–Trinajstić information content (AvgIpc) is 0.904. The molecule has 0 unspecified atom stereocenters. The lowest BCUT2D eigenvalue weighted by Gasteiger charge is -2.18. The second kappa shape index (κ2) is 52.7. The van der Waals surface area contributed by atoms with Gasteiger partial charge in [0.25, 0.3) is 0 Å². The molecule has 624 valence electrons. The van der Waals surface area contributed by atoms with Crippen molar-refractivity contribution in [2.75, 3.05) is 0 Å². The summed E-state index contributed by atoms with van der Waals surface area (Å²) in [5.41, 5.74) is 2.98. The van der Waals surface area contributed by atoms with E-state index in [9.17, 15) is 98.4 Å². The summed E-state index contributed by atoms with van der Waals surface area (Å²) in [5.74, 6) is -7.99. The van der Waals surface area contributed by atoms with Gasteiger partial charge in [0.15, 0.2) is 0 Å². The largest absolute Gasteiger partial charge is 0.491 e. The Morgan fingerprint density at radius 3 is 0.500 bits per heavy atom. The van der Waals surface area contributed by atoms with Crippen molar-refractivity contribution in [2.45, 2.75) is 285 Å². The zero-order valence-electron chi connectivity index (χ0n) is 67.1. The monoisotopic (exact) mass is 1580 g/mol. The quantitative estimate of drug-likeness (QED) is 0.0207. The number of benzene rings is 4. The molecule has 4 aromatic carbocycles. The van der Waals surface area contributed by atoms with Gasteiger partial charge in [-0.1, -0.05) is 104 Å². The molecule has 0 radical (unpaired) electrons. The second-order valence-electron chi connectivity index (χ2n) is 28.9. The van der Waals surface area contributed by atoms with Crippen LogP contribution in [-0.4, -0.2) is 209 Å². The fraction of sp³-hybridized carbons (Fsp3) is 0.550. The number of hydrogen-bond donors (Lipinski definition) is 16. The highest BCUT2D eigenvalue weighted by Gasteiger charge is 2.29. The van der Waals surface area contributed by atoms with E-state index in [2.05, 4.69) is 42.5 Å². The summed E-state index contributed by atoms with van der Waals surface area (Å²) in [4.78, 5) is 139. The molecule has 16 N–H and O–H groups in total. The van der Waals surface area contributed by atoms with Gasteiger partial charge in [-0.05, 0) is 152 Å². The van der Waals surface area contributed by atoms with Gasteiger partial charge in [-0.25, -0.2) is 19.2 Å². The lowest BCUT2D eigenvalue weighted by molar-refractivity contribution is -0.142. The second-order valence-corrected chi connectivity index (χ2v) is 28.9. The summed E-state index contributed by atoms with van der Waals surface area (Å²) in [5, 5.41) is 95.6. The number of carboxylic acid groups (broad SMARTS) is 8. The van der Waals surface area contributed by atoms with Crippen LogP contribution in [0.3, 0.4) is 0 Å². The van der Waals surface area contributed by atoms with Crippen LogP contribution in [0, 0.1) is 0 Å². The van der Waals surface area contributed by atoms with Gasteiger partial charge in [0, 0.05) is 75.5 Å². The minimum absolute atomic E-state index is 0.0386. The fourth-order valence-corrected chi connectivity index (χ4v) is 10.5. The molecule has 112 heavy (non-hydrogen) atoms. The van der Waals surface area contributed by atoms with E-state index in [1.54, 1.807) is 97.1 Å². The number of carbonyl (C=O) groups excluding carboxylic acids is 4. The van der Waals surface area contributed by atoms with Gasteiger partial charge in [-0.2, -0.15) is 0 Å². The molecule has 0 saturated heterocycles. The Bertz CT molecular complexity index is 3090. The predicted molar refractivity (Wildman–Crippen MR) is 418 cm³/mol. The van der Waals surface area contributed by atoms with Crippen LogP contribution in [0.4, 0.5) is 0 Å². The number of carboxylic acids is 8. The van der Waals surface area contributed by atoms with E-state index in [0.717, 1.165) is 22.3 Å². The smallest absolute Gasteiger partial charge is 0.326 e. The van der Waals surface area contributed by atoms with Crippen molar-refractivity contribution in [2.24, 2.45) is 0 Å². The molecule has 4 rings (SSSR count). The Morgan fingerprint density at radius 1 is 0.241 bits per heavy atom. The lowest BCUT2D eigenvalue weighted by atomic mass is 10.0. The lowest BCUT2D eigenvalue weighted by Crippen LogP contribution is -2.44. The van der Waals surface area contributed by atoms with Crippen LogP contribution < -0.4 is 61.5 Å². The first-order valence-electron chi connectivity index (χ1n) is 37.4. The Labute approximate surface area is 655 Å². The maximum absolute atomic E-state index is 12.1. The minimum atomic E-state index is -1.15. The molecule has 0 aliphatic rings. The first-order chi connectivity index (χ1) is 52.3. The summed E-state index contributed by atoms with van der Waals surface area (Å²) < 4.78 is 22.2. The molecule has 0 heterocycles. The third-order valence-corrected chi connectivity index (χ3v) is 15.4. The third kappa shape index (κ3) is 45.6. The maximum atomic E-state index is 12.1. The zero-order valence-corrected chi connectivity index (χ0v) is 67.1. The number of hydrogen-bond acceptors (Lipinski definition) is 20. The van der Waals surface area contributed by atoms with Crippen molar-refractivity contribution in [1.82, 2.24) is 42.5 Å². The van der Waals surface area contributed by atoms with Crippen LogP contribution in [-0.2, 0) is 83.2 Å². The SMILES string of the molecule is CC(C)N[C@@H](CCC(=O)N[C@@H](Cc1ccc(OC(C)C)cc1)C(=O)O)C(=O)O.CC(C)N[C@@H](CCC(=O)N[C@H](Cc1ccc(OC(C)C)cc1)C(=O)O)C(=O)O.CC(C)N[C@H](CCC(=O)N[C@@H](Cc1ccc(OC(C)C)cc1)C(=O)O)C(=O)O.CC(C)N[C@H](CCC(=O)N[C@H](Cc1ccc(OC(C)C)cc1)C(=O)O)C(=O)O. The van der Waals surface area contributed by atoms with Crippen molar-refractivity contribution < 1.29 is 117 Å². The summed E-state index contributed by atoms with van der Waals surface area (Å²) in [7, 11) is 0. The Morgan fingerprint density at radius 2 is 0.384 bits per heavy atom. The molecular formula is C80H120N8O24. The van der Waals surface area contributed by atoms with Crippen molar-refractivity contribution in [3.8, 4) is 23.0 Å². The molecule has 0 aliphatic heterocycles. The van der Waals surface area contributed by atoms with Gasteiger partial charge in [0.2, 0.25) is 23.6 Å². The minimum Gasteiger partial charge on any atom is -0.491 e. The van der Waals surface area contributed by atoms with E-state index in [-0.39, 0.29) is 126 Å². The number of amides is 4. The van der Waals surface area contributed by atoms with Crippen LogP contribution >= 0.6 is 0 Å². The molecule has 0 fully saturated rings. The van der Waals surface area contributed by atoms with E-state index < -0.39 is 120 Å². The number of carbonyl (C=O) groups is 12. The predicted octanol–water partition coefficient (Wildman–Crippen LogP) is 7.27. The van der Waals surface area contributed by atoms with Crippen molar-refractivity contribution in [3.05, 3.63) is 119 Å². The molecule has 8 atom stereocenters. The van der Waals surface area contributed by atoms with Crippen LogP contribution in [0.25, 0.3) is 0 Å². The van der Waals surface area contributed by atoms with Crippen LogP contribution in [0.2, 0.25) is 0 Å². The number of ether oxygens (including phenoxy) is 4. The Balaban J connectivity index is 0.000000747. The van der Waals surface area contributed by atoms with E-state index in [1.165, 1.54) is 0 Å². The highest BCUT2D eigenvalue weighted by atomic mass is 16.5. The topological polar surface area (TPSA) is 500 Å². The molecule has 0 aliphatic carbocycles. The van der Waals surface area contributed by atoms with E-state index in [0.29, 0.717) is 23.0 Å². The standard InChI is InChI=1S/4C20H30N2O6/c4*1-12(2)21-16(19(24)25)9-10-18(23)22-17(20(26)27)11-14-5-7-15(8-6-14)28-13(3)4/h4*5-8,12-13,16-17,21H,9-11H2,1-4H3,(H,22,23)(H,24,25)(H,26,27)/t2*16-,17+;2*16-,17-/m1010/s1. The third-order valence-electron chi connectivity index (χ3n) is 15.4. The van der Waals surface area contributed by atoms with E-state index in [1.807, 2.05) is 111 Å². The van der Waals surface area contributed by atoms with Crippen LogP contribution in [0.15, 0.2) is 97.1 Å². The molecule has 0 spiro atoms. The number of aliphatic carboxylic acids is 8. The van der Waals surface area contributed by atoms with Gasteiger partial charge >= 0.3 is 47.8 Å². The fourth-order valence-electron chi connectivity index (χ4n) is 10.5. The highest BCUT2D eigenvalue weighted by molar-refractivity contribution is 5.87. The molecule has 32 nitrogen and oxygen atoms in total. The summed E-state index contributed by atoms with van der Waals surface area (Å²) >= 11 is 0. The molecule has 0 saturated carbocycles. The summed E-state index contributed by atoms with van der Waals surface area (Å²) in [6.45, 7) is 29.8. The van der Waals surface area contributed by atoms with Crippen molar-refractivity contribution in [3.63, 3.8) is 0 Å². The Hall–Kier alpha value is -10.4.